The molecule has 1 saturated heterocycles. The van der Waals surface area contributed by atoms with E-state index in [1.807, 2.05) is 25.1 Å². The molecule has 2 aromatic rings. The molecule has 0 radical (unpaired) electrons. The second-order valence-electron chi connectivity index (χ2n) is 7.58. The number of rotatable bonds is 6. The number of hydrogen-bond donors (Lipinski definition) is 2. The van der Waals surface area contributed by atoms with E-state index in [1.54, 1.807) is 0 Å². The second-order valence-corrected chi connectivity index (χ2v) is 7.58. The van der Waals surface area contributed by atoms with Crippen molar-refractivity contribution in [2.75, 3.05) is 19.7 Å². The summed E-state index contributed by atoms with van der Waals surface area (Å²) in [5.74, 6) is 1.61. The fourth-order valence-corrected chi connectivity index (χ4v) is 3.66. The zero-order chi connectivity index (χ0) is 17.8. The van der Waals surface area contributed by atoms with E-state index >= 15 is 0 Å². The van der Waals surface area contributed by atoms with Crippen molar-refractivity contribution >= 4 is 10.9 Å². The molecule has 0 atom stereocenters. The SMILES string of the molecule is CCCCOc1ccc2[nH]c(C)c(C[NH+]3CCC(C)CC3)c(=O)c2c1. The highest BCUT2D eigenvalue weighted by Crippen LogP contribution is 2.19. The van der Waals surface area contributed by atoms with Crippen LogP contribution < -0.4 is 15.1 Å². The number of fused-ring (bicyclic) bond motifs is 1. The largest absolute Gasteiger partial charge is 0.494 e. The molecule has 2 heterocycles. The van der Waals surface area contributed by atoms with Gasteiger partial charge in [0.2, 0.25) is 0 Å². The van der Waals surface area contributed by atoms with Gasteiger partial charge in [0.15, 0.2) is 5.43 Å². The Bertz CT molecular complexity index is 773. The maximum Gasteiger partial charge on any atom is 0.198 e. The normalized spacial score (nSPS) is 20.8. The predicted octanol–water partition coefficient (Wildman–Crippen LogP) is 2.83. The summed E-state index contributed by atoms with van der Waals surface area (Å²) in [5.41, 5.74) is 3.00. The first-order chi connectivity index (χ1) is 12.1. The average molecular weight is 343 g/mol. The predicted molar refractivity (Wildman–Crippen MR) is 103 cm³/mol. The van der Waals surface area contributed by atoms with Gasteiger partial charge in [0, 0.05) is 16.6 Å². The Hall–Kier alpha value is -1.81. The average Bonchev–Trinajstić information content (AvgIpc) is 2.61. The molecule has 1 aliphatic heterocycles. The first kappa shape index (κ1) is 18.0. The number of aromatic amines is 1. The Morgan fingerprint density at radius 3 is 2.76 bits per heavy atom. The van der Waals surface area contributed by atoms with E-state index in [0.717, 1.165) is 66.3 Å². The van der Waals surface area contributed by atoms with Crippen LogP contribution in [0.5, 0.6) is 5.75 Å². The monoisotopic (exact) mass is 343 g/mol. The van der Waals surface area contributed by atoms with Crippen LogP contribution in [0.3, 0.4) is 0 Å². The van der Waals surface area contributed by atoms with Gasteiger partial charge in [0.05, 0.1) is 25.3 Å². The summed E-state index contributed by atoms with van der Waals surface area (Å²) in [5, 5.41) is 0.749. The third-order valence-corrected chi connectivity index (χ3v) is 5.46. The molecular weight excluding hydrogens is 312 g/mol. The summed E-state index contributed by atoms with van der Waals surface area (Å²) in [6.07, 6.45) is 4.66. The number of aryl methyl sites for hydroxylation is 1. The molecule has 1 aliphatic rings. The topological polar surface area (TPSA) is 46.5 Å². The number of benzene rings is 1. The molecule has 0 spiro atoms. The van der Waals surface area contributed by atoms with Gasteiger partial charge in [-0.05, 0) is 50.3 Å². The van der Waals surface area contributed by atoms with Gasteiger partial charge in [-0.1, -0.05) is 20.3 Å². The number of ether oxygens (including phenoxy) is 1. The number of unbranched alkanes of at least 4 members (excludes halogenated alkanes) is 1. The van der Waals surface area contributed by atoms with Gasteiger partial charge in [-0.15, -0.1) is 0 Å². The zero-order valence-electron chi connectivity index (χ0n) is 15.8. The number of nitrogens with one attached hydrogen (secondary N) is 2. The zero-order valence-corrected chi connectivity index (χ0v) is 15.8. The molecule has 2 N–H and O–H groups in total. The van der Waals surface area contributed by atoms with Crippen molar-refractivity contribution in [1.29, 1.82) is 0 Å². The molecule has 3 rings (SSSR count). The Balaban J connectivity index is 1.86. The summed E-state index contributed by atoms with van der Waals surface area (Å²) < 4.78 is 5.78. The quantitative estimate of drug-likeness (QED) is 0.792. The molecular formula is C21H31N2O2+. The molecule has 1 aromatic heterocycles. The number of H-pyrrole nitrogens is 1. The van der Waals surface area contributed by atoms with Gasteiger partial charge in [0.1, 0.15) is 12.3 Å². The van der Waals surface area contributed by atoms with Gasteiger partial charge in [-0.25, -0.2) is 0 Å². The lowest BCUT2D eigenvalue weighted by molar-refractivity contribution is -0.919. The maximum absolute atomic E-state index is 13.1. The number of pyridine rings is 1. The summed E-state index contributed by atoms with van der Waals surface area (Å²) in [6.45, 7) is 10.3. The number of likely N-dealkylation sites (tertiary alicyclic amines) is 1. The van der Waals surface area contributed by atoms with E-state index < -0.39 is 0 Å². The van der Waals surface area contributed by atoms with Crippen LogP contribution in [0.15, 0.2) is 23.0 Å². The third kappa shape index (κ3) is 4.24. The number of hydrogen-bond acceptors (Lipinski definition) is 2. The standard InChI is InChI=1S/C21H30N2O2/c1-4-5-12-25-17-6-7-20-18(13-17)21(24)19(16(3)22-20)14-23-10-8-15(2)9-11-23/h6-7,13,15H,4-5,8-12,14H2,1-3H3,(H,22,24)/p+1. The molecule has 0 saturated carbocycles. The van der Waals surface area contributed by atoms with E-state index in [-0.39, 0.29) is 5.43 Å². The second kappa shape index (κ2) is 8.05. The van der Waals surface area contributed by atoms with Crippen molar-refractivity contribution in [2.24, 2.45) is 5.92 Å². The fourth-order valence-electron chi connectivity index (χ4n) is 3.66. The van der Waals surface area contributed by atoms with E-state index in [2.05, 4.69) is 18.8 Å². The summed E-state index contributed by atoms with van der Waals surface area (Å²) in [7, 11) is 0. The van der Waals surface area contributed by atoms with Crippen molar-refractivity contribution in [2.45, 2.75) is 53.0 Å². The van der Waals surface area contributed by atoms with E-state index in [0.29, 0.717) is 6.61 Å². The van der Waals surface area contributed by atoms with Crippen molar-refractivity contribution in [1.82, 2.24) is 4.98 Å². The number of quaternary nitrogens is 1. The van der Waals surface area contributed by atoms with Crippen LogP contribution in [0.1, 0.15) is 50.8 Å². The van der Waals surface area contributed by atoms with E-state index in [4.69, 9.17) is 4.74 Å². The molecule has 1 fully saturated rings. The molecule has 1 aromatic carbocycles. The van der Waals surface area contributed by atoms with Crippen molar-refractivity contribution in [3.05, 3.63) is 39.7 Å². The molecule has 0 amide bonds. The van der Waals surface area contributed by atoms with Crippen molar-refractivity contribution < 1.29 is 9.64 Å². The number of piperidine rings is 1. The Labute approximate surface area is 150 Å². The Morgan fingerprint density at radius 1 is 1.28 bits per heavy atom. The molecule has 4 heteroatoms. The van der Waals surface area contributed by atoms with Crippen LogP contribution in [-0.4, -0.2) is 24.7 Å². The fraction of sp³-hybridized carbons (Fsp3) is 0.571. The van der Waals surface area contributed by atoms with Crippen LogP contribution in [0, 0.1) is 12.8 Å². The molecule has 25 heavy (non-hydrogen) atoms. The van der Waals surface area contributed by atoms with Gasteiger partial charge < -0.3 is 14.6 Å². The lowest BCUT2D eigenvalue weighted by Crippen LogP contribution is -3.12. The van der Waals surface area contributed by atoms with Crippen LogP contribution in [0.25, 0.3) is 10.9 Å². The first-order valence-electron chi connectivity index (χ1n) is 9.70. The highest BCUT2D eigenvalue weighted by molar-refractivity contribution is 5.81. The summed E-state index contributed by atoms with van der Waals surface area (Å²) >= 11 is 0. The minimum atomic E-state index is 0.165. The van der Waals surface area contributed by atoms with Gasteiger partial charge in [0.25, 0.3) is 0 Å². The van der Waals surface area contributed by atoms with Gasteiger partial charge >= 0.3 is 0 Å². The molecule has 4 nitrogen and oxygen atoms in total. The first-order valence-corrected chi connectivity index (χ1v) is 9.70. The lowest BCUT2D eigenvalue weighted by atomic mass is 9.98. The minimum absolute atomic E-state index is 0.165. The maximum atomic E-state index is 13.1. The Kier molecular flexibility index (Phi) is 5.79. The van der Waals surface area contributed by atoms with E-state index in [9.17, 15) is 4.79 Å². The summed E-state index contributed by atoms with van der Waals surface area (Å²) in [4.78, 5) is 18.0. The molecule has 0 bridgehead atoms. The molecule has 0 aliphatic carbocycles. The van der Waals surface area contributed by atoms with Crippen LogP contribution in [0.4, 0.5) is 0 Å². The van der Waals surface area contributed by atoms with Crippen LogP contribution >= 0.6 is 0 Å². The van der Waals surface area contributed by atoms with Crippen molar-refractivity contribution in [3.63, 3.8) is 0 Å². The van der Waals surface area contributed by atoms with Crippen LogP contribution in [0.2, 0.25) is 0 Å². The smallest absolute Gasteiger partial charge is 0.198 e. The molecule has 136 valence electrons. The molecule has 0 unspecified atom stereocenters. The van der Waals surface area contributed by atoms with Gasteiger partial charge in [-0.3, -0.25) is 4.79 Å². The van der Waals surface area contributed by atoms with Crippen LogP contribution in [-0.2, 0) is 6.54 Å². The van der Waals surface area contributed by atoms with E-state index in [1.165, 1.54) is 17.7 Å². The number of aromatic nitrogens is 1. The minimum Gasteiger partial charge on any atom is -0.494 e. The van der Waals surface area contributed by atoms with Crippen molar-refractivity contribution in [3.8, 4) is 5.75 Å². The third-order valence-electron chi connectivity index (χ3n) is 5.46. The summed E-state index contributed by atoms with van der Waals surface area (Å²) in [6, 6.07) is 5.81. The van der Waals surface area contributed by atoms with Gasteiger partial charge in [-0.2, -0.15) is 0 Å². The highest BCUT2D eigenvalue weighted by Gasteiger charge is 2.21. The lowest BCUT2D eigenvalue weighted by Gasteiger charge is -2.27. The highest BCUT2D eigenvalue weighted by atomic mass is 16.5. The Morgan fingerprint density at radius 2 is 2.04 bits per heavy atom.